The van der Waals surface area contributed by atoms with Gasteiger partial charge in [-0.05, 0) is 57.7 Å². The fourth-order valence-corrected chi connectivity index (χ4v) is 4.60. The number of ether oxygens (including phenoxy) is 1. The highest BCUT2D eigenvalue weighted by molar-refractivity contribution is 6.74. The third-order valence-electron chi connectivity index (χ3n) is 6.14. The Balaban J connectivity index is 2.03. The van der Waals surface area contributed by atoms with Gasteiger partial charge in [0.05, 0.1) is 18.7 Å². The Hall–Kier alpha value is -0.553. The van der Waals surface area contributed by atoms with Crippen molar-refractivity contribution in [2.75, 3.05) is 6.61 Å². The molecule has 0 unspecified atom stereocenters. The summed E-state index contributed by atoms with van der Waals surface area (Å²) in [4.78, 5) is 14.6. The Morgan fingerprint density at radius 3 is 2.08 bits per heavy atom. The van der Waals surface area contributed by atoms with Crippen molar-refractivity contribution in [1.29, 1.82) is 0 Å². The minimum Gasteiger partial charge on any atom is -0.444 e. The maximum absolute atomic E-state index is 12.7. The largest absolute Gasteiger partial charge is 0.444 e. The molecule has 1 aliphatic heterocycles. The van der Waals surface area contributed by atoms with Crippen molar-refractivity contribution >= 4 is 14.4 Å². The lowest BCUT2D eigenvalue weighted by atomic mass is 9.86. The van der Waals surface area contributed by atoms with E-state index in [0.717, 1.165) is 0 Å². The molecule has 1 heterocycles. The van der Waals surface area contributed by atoms with Gasteiger partial charge in [0.25, 0.3) is 0 Å². The van der Waals surface area contributed by atoms with E-state index in [1.165, 1.54) is 32.1 Å². The Morgan fingerprint density at radius 1 is 1.04 bits per heavy atom. The van der Waals surface area contributed by atoms with E-state index in [2.05, 4.69) is 33.9 Å². The topological polar surface area (TPSA) is 38.5 Å². The summed E-state index contributed by atoms with van der Waals surface area (Å²) in [7, 11) is -1.80. The first-order valence-electron chi connectivity index (χ1n) is 9.99. The van der Waals surface area contributed by atoms with Crippen LogP contribution in [0.3, 0.4) is 0 Å². The van der Waals surface area contributed by atoms with E-state index in [1.807, 2.05) is 25.7 Å². The van der Waals surface area contributed by atoms with Crippen LogP contribution >= 0.6 is 0 Å². The van der Waals surface area contributed by atoms with Crippen LogP contribution in [0.5, 0.6) is 0 Å². The number of hydrogen-bond donors (Lipinski definition) is 0. The average molecular weight is 370 g/mol. The lowest BCUT2D eigenvalue weighted by Gasteiger charge is -2.36. The van der Waals surface area contributed by atoms with E-state index in [1.54, 1.807) is 0 Å². The second kappa shape index (κ2) is 7.22. The van der Waals surface area contributed by atoms with E-state index in [-0.39, 0.29) is 17.2 Å². The summed E-state index contributed by atoms with van der Waals surface area (Å²) in [5, 5.41) is 0.193. The van der Waals surface area contributed by atoms with Crippen molar-refractivity contribution in [1.82, 2.24) is 4.90 Å². The monoisotopic (exact) mass is 369 g/mol. The number of carbonyl (C=O) groups is 1. The highest BCUT2D eigenvalue weighted by Crippen LogP contribution is 2.44. The smallest absolute Gasteiger partial charge is 0.411 e. The molecule has 0 radical (unpaired) electrons. The van der Waals surface area contributed by atoms with Crippen molar-refractivity contribution < 1.29 is 14.0 Å². The molecule has 0 aromatic heterocycles. The normalized spacial score (nSPS) is 25.8. The van der Waals surface area contributed by atoms with E-state index in [0.29, 0.717) is 18.6 Å². The van der Waals surface area contributed by atoms with Crippen LogP contribution in [-0.4, -0.2) is 43.6 Å². The van der Waals surface area contributed by atoms with Crippen molar-refractivity contribution in [3.63, 3.8) is 0 Å². The number of rotatable bonds is 4. The molecule has 5 heteroatoms. The standard InChI is InChI=1S/C20H39NO3Si/c1-19(2,3)24-18(22)21-16(14-23-25(7,8)20(4,5)6)17(21)15-12-10-9-11-13-15/h15-17H,9-14H2,1-8H3/t16-,17-,21?/m1/s1. The van der Waals surface area contributed by atoms with Crippen molar-refractivity contribution in [2.24, 2.45) is 5.92 Å². The predicted octanol–water partition coefficient (Wildman–Crippen LogP) is 5.58. The summed E-state index contributed by atoms with van der Waals surface area (Å²) in [5.74, 6) is 0.620. The second-order valence-electron chi connectivity index (χ2n) is 10.4. The summed E-state index contributed by atoms with van der Waals surface area (Å²) in [6.45, 7) is 17.8. The molecule has 146 valence electrons. The van der Waals surface area contributed by atoms with Gasteiger partial charge in [-0.2, -0.15) is 0 Å². The van der Waals surface area contributed by atoms with Crippen LogP contribution in [0.15, 0.2) is 0 Å². The molecule has 4 nitrogen and oxygen atoms in total. The Labute approximate surface area is 155 Å². The zero-order valence-electron chi connectivity index (χ0n) is 17.6. The lowest BCUT2D eigenvalue weighted by molar-refractivity contribution is 0.0371. The first-order valence-corrected chi connectivity index (χ1v) is 12.9. The average Bonchev–Trinajstić information content (AvgIpc) is 3.17. The van der Waals surface area contributed by atoms with Gasteiger partial charge in [0.2, 0.25) is 0 Å². The molecule has 2 fully saturated rings. The van der Waals surface area contributed by atoms with Crippen molar-refractivity contribution in [3.8, 4) is 0 Å². The van der Waals surface area contributed by atoms with Gasteiger partial charge in [-0.1, -0.05) is 40.0 Å². The minimum absolute atomic E-state index is 0.160. The Kier molecular flexibility index (Phi) is 6.00. The van der Waals surface area contributed by atoms with E-state index < -0.39 is 13.9 Å². The number of carbonyl (C=O) groups excluding carboxylic acids is 1. The molecule has 1 aliphatic carbocycles. The molecule has 0 N–H and O–H groups in total. The van der Waals surface area contributed by atoms with Crippen LogP contribution in [0.1, 0.15) is 73.6 Å². The highest BCUT2D eigenvalue weighted by Gasteiger charge is 2.56. The second-order valence-corrected chi connectivity index (χ2v) is 15.2. The molecule has 2 aliphatic rings. The summed E-state index contributed by atoms with van der Waals surface area (Å²) in [6.07, 6.45) is 6.23. The quantitative estimate of drug-likeness (QED) is 0.480. The predicted molar refractivity (Wildman–Crippen MR) is 105 cm³/mol. The zero-order valence-corrected chi connectivity index (χ0v) is 18.6. The van der Waals surface area contributed by atoms with Crippen LogP contribution in [0, 0.1) is 5.92 Å². The lowest BCUT2D eigenvalue weighted by Crippen LogP contribution is -2.42. The molecule has 1 saturated heterocycles. The molecule has 0 spiro atoms. The van der Waals surface area contributed by atoms with E-state index >= 15 is 0 Å². The number of hydrogen-bond acceptors (Lipinski definition) is 3. The Morgan fingerprint density at radius 2 is 1.60 bits per heavy atom. The van der Waals surface area contributed by atoms with Crippen LogP contribution in [0.2, 0.25) is 18.1 Å². The molecule has 0 aromatic rings. The molecule has 2 rings (SSSR count). The van der Waals surface area contributed by atoms with E-state index in [9.17, 15) is 4.79 Å². The van der Waals surface area contributed by atoms with Crippen LogP contribution in [0.4, 0.5) is 4.79 Å². The summed E-state index contributed by atoms with van der Waals surface area (Å²) in [6, 6.07) is 0.520. The molecule has 25 heavy (non-hydrogen) atoms. The van der Waals surface area contributed by atoms with Gasteiger partial charge < -0.3 is 9.16 Å². The molecular formula is C20H39NO3Si. The maximum Gasteiger partial charge on any atom is 0.411 e. The SMILES string of the molecule is CC(C)(C)OC(=O)N1[C@H](CO[Si](C)(C)C(C)(C)C)[C@H]1C1CCCCC1. The third-order valence-corrected chi connectivity index (χ3v) is 10.6. The molecule has 1 saturated carbocycles. The van der Waals surface area contributed by atoms with Gasteiger partial charge >= 0.3 is 6.09 Å². The zero-order chi connectivity index (χ0) is 19.0. The molecule has 2 atom stereocenters. The van der Waals surface area contributed by atoms with Gasteiger partial charge in [0.15, 0.2) is 8.32 Å². The fraction of sp³-hybridized carbons (Fsp3) is 0.950. The van der Waals surface area contributed by atoms with Crippen LogP contribution < -0.4 is 0 Å². The molecule has 0 aromatic carbocycles. The molecule has 1 amide bonds. The number of amides is 1. The third kappa shape index (κ3) is 5.22. The molecular weight excluding hydrogens is 330 g/mol. The molecule has 0 bridgehead atoms. The van der Waals surface area contributed by atoms with E-state index in [4.69, 9.17) is 9.16 Å². The fourth-order valence-electron chi connectivity index (χ4n) is 3.58. The van der Waals surface area contributed by atoms with Gasteiger partial charge in [0.1, 0.15) is 5.60 Å². The summed E-state index contributed by atoms with van der Waals surface area (Å²) < 4.78 is 12.1. The van der Waals surface area contributed by atoms with Crippen molar-refractivity contribution in [3.05, 3.63) is 0 Å². The first kappa shape index (κ1) is 20.8. The highest BCUT2D eigenvalue weighted by atomic mass is 28.4. The van der Waals surface area contributed by atoms with Gasteiger partial charge in [-0.3, -0.25) is 4.90 Å². The minimum atomic E-state index is -1.80. The van der Waals surface area contributed by atoms with Crippen LogP contribution in [-0.2, 0) is 9.16 Å². The summed E-state index contributed by atoms with van der Waals surface area (Å²) >= 11 is 0. The van der Waals surface area contributed by atoms with Crippen molar-refractivity contribution in [2.45, 2.75) is 109 Å². The van der Waals surface area contributed by atoms with Gasteiger partial charge in [0, 0.05) is 0 Å². The van der Waals surface area contributed by atoms with Gasteiger partial charge in [-0.15, -0.1) is 0 Å². The maximum atomic E-state index is 12.7. The first-order chi connectivity index (χ1) is 11.3. The Bertz CT molecular complexity index is 472. The van der Waals surface area contributed by atoms with Crippen LogP contribution in [0.25, 0.3) is 0 Å². The van der Waals surface area contributed by atoms with Gasteiger partial charge in [-0.25, -0.2) is 4.79 Å². The number of nitrogens with zero attached hydrogens (tertiary/aromatic N) is 1. The summed E-state index contributed by atoms with van der Waals surface area (Å²) in [5.41, 5.74) is -0.443.